The quantitative estimate of drug-likeness (QED) is 0.736. The van der Waals surface area contributed by atoms with Crippen molar-refractivity contribution in [3.8, 4) is 11.5 Å². The van der Waals surface area contributed by atoms with Gasteiger partial charge in [-0.1, -0.05) is 0 Å². The van der Waals surface area contributed by atoms with Crippen molar-refractivity contribution in [1.29, 1.82) is 0 Å². The molecular formula is C14H19NO5. The lowest BCUT2D eigenvalue weighted by Gasteiger charge is -2.17. The Bertz CT molecular complexity index is 486. The lowest BCUT2D eigenvalue weighted by molar-refractivity contribution is -0.140. The summed E-state index contributed by atoms with van der Waals surface area (Å²) in [6.45, 7) is 0.292. The van der Waals surface area contributed by atoms with E-state index in [4.69, 9.17) is 9.47 Å². The van der Waals surface area contributed by atoms with Crippen molar-refractivity contribution in [3.63, 3.8) is 0 Å². The van der Waals surface area contributed by atoms with Gasteiger partial charge in [0, 0.05) is 19.2 Å². The fourth-order valence-corrected chi connectivity index (χ4v) is 1.65. The maximum Gasteiger partial charge on any atom is 0.307 e. The third kappa shape index (κ3) is 3.88. The molecule has 110 valence electrons. The molecule has 0 bridgehead atoms. The van der Waals surface area contributed by atoms with Crippen molar-refractivity contribution in [3.05, 3.63) is 23.8 Å². The number of carbonyl (C=O) groups is 2. The molecule has 1 aromatic rings. The molecule has 0 aliphatic rings. The van der Waals surface area contributed by atoms with E-state index < -0.39 is 0 Å². The van der Waals surface area contributed by atoms with Crippen LogP contribution < -0.4 is 9.47 Å². The zero-order valence-corrected chi connectivity index (χ0v) is 12.1. The molecule has 20 heavy (non-hydrogen) atoms. The summed E-state index contributed by atoms with van der Waals surface area (Å²) in [5.74, 6) is 0.493. The average molecular weight is 281 g/mol. The van der Waals surface area contributed by atoms with E-state index in [2.05, 4.69) is 4.74 Å². The Morgan fingerprint density at radius 2 is 1.75 bits per heavy atom. The molecular weight excluding hydrogens is 262 g/mol. The molecule has 0 unspecified atom stereocenters. The van der Waals surface area contributed by atoms with Gasteiger partial charge in [0.1, 0.15) is 0 Å². The van der Waals surface area contributed by atoms with Crippen LogP contribution in [0, 0.1) is 0 Å². The van der Waals surface area contributed by atoms with Crippen molar-refractivity contribution in [2.75, 3.05) is 34.9 Å². The van der Waals surface area contributed by atoms with Crippen LogP contribution in [0.25, 0.3) is 0 Å². The maximum atomic E-state index is 12.2. The van der Waals surface area contributed by atoms with Crippen molar-refractivity contribution in [1.82, 2.24) is 4.90 Å². The predicted molar refractivity (Wildman–Crippen MR) is 73.1 cm³/mol. The summed E-state index contributed by atoms with van der Waals surface area (Å²) in [4.78, 5) is 24.7. The van der Waals surface area contributed by atoms with Gasteiger partial charge in [0.15, 0.2) is 11.5 Å². The second kappa shape index (κ2) is 7.37. The fourth-order valence-electron chi connectivity index (χ4n) is 1.65. The summed E-state index contributed by atoms with van der Waals surface area (Å²) < 4.78 is 14.8. The number of methoxy groups -OCH3 is 3. The van der Waals surface area contributed by atoms with Gasteiger partial charge in [-0.15, -0.1) is 0 Å². The highest BCUT2D eigenvalue weighted by Gasteiger charge is 2.15. The van der Waals surface area contributed by atoms with Crippen LogP contribution in [-0.4, -0.2) is 51.7 Å². The highest BCUT2D eigenvalue weighted by atomic mass is 16.5. The Balaban J connectivity index is 2.78. The van der Waals surface area contributed by atoms with E-state index in [1.807, 2.05) is 0 Å². The summed E-state index contributed by atoms with van der Waals surface area (Å²) in [5, 5.41) is 0. The van der Waals surface area contributed by atoms with E-state index in [0.29, 0.717) is 23.6 Å². The third-order valence-corrected chi connectivity index (χ3v) is 2.86. The molecule has 0 aliphatic heterocycles. The topological polar surface area (TPSA) is 65.1 Å². The standard InChI is InChI=1S/C14H19NO5/c1-15(8-7-13(16)20-4)14(17)10-5-6-11(18-2)12(9-10)19-3/h5-6,9H,7-8H2,1-4H3. The van der Waals surface area contributed by atoms with Gasteiger partial charge < -0.3 is 19.1 Å². The molecule has 0 saturated heterocycles. The lowest BCUT2D eigenvalue weighted by atomic mass is 10.1. The first-order valence-electron chi connectivity index (χ1n) is 6.07. The van der Waals surface area contributed by atoms with Gasteiger partial charge >= 0.3 is 5.97 Å². The molecule has 0 saturated carbocycles. The molecule has 1 amide bonds. The highest BCUT2D eigenvalue weighted by Crippen LogP contribution is 2.27. The molecule has 1 rings (SSSR count). The zero-order valence-electron chi connectivity index (χ0n) is 12.1. The predicted octanol–water partition coefficient (Wildman–Crippen LogP) is 1.34. The van der Waals surface area contributed by atoms with Crippen LogP contribution in [-0.2, 0) is 9.53 Å². The molecule has 6 nitrogen and oxygen atoms in total. The molecule has 0 heterocycles. The molecule has 0 aliphatic carbocycles. The zero-order chi connectivity index (χ0) is 15.1. The molecule has 6 heteroatoms. The molecule has 1 aromatic carbocycles. The summed E-state index contributed by atoms with van der Waals surface area (Å²) in [7, 11) is 5.98. The monoisotopic (exact) mass is 281 g/mol. The van der Waals surface area contributed by atoms with Gasteiger partial charge in [-0.05, 0) is 18.2 Å². The second-order valence-corrected chi connectivity index (χ2v) is 4.12. The van der Waals surface area contributed by atoms with Gasteiger partial charge in [0.2, 0.25) is 0 Å². The van der Waals surface area contributed by atoms with Crippen molar-refractivity contribution < 1.29 is 23.8 Å². The SMILES string of the molecule is COC(=O)CCN(C)C(=O)c1ccc(OC)c(OC)c1. The first-order valence-corrected chi connectivity index (χ1v) is 6.07. The largest absolute Gasteiger partial charge is 0.493 e. The van der Waals surface area contributed by atoms with Crippen molar-refractivity contribution in [2.24, 2.45) is 0 Å². The fraction of sp³-hybridized carbons (Fsp3) is 0.429. The summed E-state index contributed by atoms with van der Waals surface area (Å²) >= 11 is 0. The van der Waals surface area contributed by atoms with Gasteiger partial charge in [-0.3, -0.25) is 9.59 Å². The molecule has 0 fully saturated rings. The highest BCUT2D eigenvalue weighted by molar-refractivity contribution is 5.95. The first kappa shape index (κ1) is 15.8. The second-order valence-electron chi connectivity index (χ2n) is 4.12. The van der Waals surface area contributed by atoms with E-state index in [-0.39, 0.29) is 18.3 Å². The van der Waals surface area contributed by atoms with E-state index in [1.165, 1.54) is 26.2 Å². The van der Waals surface area contributed by atoms with E-state index in [1.54, 1.807) is 25.2 Å². The smallest absolute Gasteiger partial charge is 0.307 e. The van der Waals surface area contributed by atoms with E-state index >= 15 is 0 Å². The number of rotatable bonds is 6. The minimum Gasteiger partial charge on any atom is -0.493 e. The number of benzene rings is 1. The molecule has 0 atom stereocenters. The van der Waals surface area contributed by atoms with Gasteiger partial charge in [-0.25, -0.2) is 0 Å². The minimum atomic E-state index is -0.350. The Labute approximate surface area is 118 Å². The summed E-state index contributed by atoms with van der Waals surface area (Å²) in [6, 6.07) is 4.92. The first-order chi connectivity index (χ1) is 9.53. The summed E-state index contributed by atoms with van der Waals surface area (Å²) in [6.07, 6.45) is 0.159. The van der Waals surface area contributed by atoms with Crippen LogP contribution in [0.4, 0.5) is 0 Å². The molecule has 0 spiro atoms. The Kier molecular flexibility index (Phi) is 5.83. The maximum absolute atomic E-state index is 12.2. The summed E-state index contributed by atoms with van der Waals surface area (Å²) in [5.41, 5.74) is 0.468. The average Bonchev–Trinajstić information content (AvgIpc) is 2.50. The Morgan fingerprint density at radius 3 is 2.30 bits per heavy atom. The van der Waals surface area contributed by atoms with Crippen molar-refractivity contribution in [2.45, 2.75) is 6.42 Å². The Hall–Kier alpha value is -2.24. The molecule has 0 radical (unpaired) electrons. The number of carbonyl (C=O) groups excluding carboxylic acids is 2. The van der Waals surface area contributed by atoms with E-state index in [9.17, 15) is 9.59 Å². The number of hydrogen-bond donors (Lipinski definition) is 0. The Morgan fingerprint density at radius 1 is 1.10 bits per heavy atom. The molecule has 0 N–H and O–H groups in total. The van der Waals surface area contributed by atoms with Crippen molar-refractivity contribution >= 4 is 11.9 Å². The van der Waals surface area contributed by atoms with Crippen LogP contribution in [0.1, 0.15) is 16.8 Å². The number of esters is 1. The van der Waals surface area contributed by atoms with Crippen LogP contribution in [0.2, 0.25) is 0 Å². The van der Waals surface area contributed by atoms with Crippen LogP contribution in [0.3, 0.4) is 0 Å². The molecule has 0 aromatic heterocycles. The lowest BCUT2D eigenvalue weighted by Crippen LogP contribution is -2.29. The number of amides is 1. The van der Waals surface area contributed by atoms with Gasteiger partial charge in [0.25, 0.3) is 5.91 Å². The van der Waals surface area contributed by atoms with Gasteiger partial charge in [-0.2, -0.15) is 0 Å². The van der Waals surface area contributed by atoms with E-state index in [0.717, 1.165) is 0 Å². The van der Waals surface area contributed by atoms with Crippen LogP contribution in [0.15, 0.2) is 18.2 Å². The minimum absolute atomic E-state index is 0.159. The van der Waals surface area contributed by atoms with Gasteiger partial charge in [0.05, 0.1) is 27.8 Å². The normalized spacial score (nSPS) is 9.80. The number of hydrogen-bond acceptors (Lipinski definition) is 5. The number of nitrogens with zero attached hydrogens (tertiary/aromatic N) is 1. The third-order valence-electron chi connectivity index (χ3n) is 2.86. The number of ether oxygens (including phenoxy) is 3. The van der Waals surface area contributed by atoms with Crippen LogP contribution >= 0.6 is 0 Å². The van der Waals surface area contributed by atoms with Crippen LogP contribution in [0.5, 0.6) is 11.5 Å².